The van der Waals surface area contributed by atoms with Gasteiger partial charge in [0.15, 0.2) is 0 Å². The number of hydrogen-bond donors (Lipinski definition) is 2. The molecule has 2 N–H and O–H groups in total. The van der Waals surface area contributed by atoms with Crippen LogP contribution in [0.1, 0.15) is 18.9 Å². The van der Waals surface area contributed by atoms with Crippen molar-refractivity contribution in [2.75, 3.05) is 13.7 Å². The number of rotatable bonds is 6. The fraction of sp³-hybridized carbons (Fsp3) is 0.250. The van der Waals surface area contributed by atoms with Gasteiger partial charge in [-0.05, 0) is 54.8 Å². The molecule has 3 aromatic rings. The molecule has 0 saturated heterocycles. The van der Waals surface area contributed by atoms with Gasteiger partial charge in [-0.25, -0.2) is 0 Å². The van der Waals surface area contributed by atoms with Gasteiger partial charge in [-0.2, -0.15) is 0 Å². The Morgan fingerprint density at radius 1 is 1.12 bits per heavy atom. The van der Waals surface area contributed by atoms with Gasteiger partial charge in [0.25, 0.3) is 0 Å². The van der Waals surface area contributed by atoms with E-state index in [9.17, 15) is 4.79 Å². The summed E-state index contributed by atoms with van der Waals surface area (Å²) < 4.78 is 5.24. The van der Waals surface area contributed by atoms with Gasteiger partial charge in [0.2, 0.25) is 5.91 Å². The molecule has 0 atom stereocenters. The van der Waals surface area contributed by atoms with Gasteiger partial charge in [0.05, 0.1) is 7.11 Å². The zero-order valence-corrected chi connectivity index (χ0v) is 14.1. The quantitative estimate of drug-likeness (QED) is 0.723. The van der Waals surface area contributed by atoms with E-state index in [4.69, 9.17) is 4.74 Å². The molecule has 24 heavy (non-hydrogen) atoms. The lowest BCUT2D eigenvalue weighted by atomic mass is 10.0. The van der Waals surface area contributed by atoms with Crippen LogP contribution in [0.4, 0.5) is 0 Å². The van der Waals surface area contributed by atoms with Crippen molar-refractivity contribution in [3.05, 3.63) is 54.1 Å². The summed E-state index contributed by atoms with van der Waals surface area (Å²) in [6.07, 6.45) is 1.19. The molecule has 0 saturated carbocycles. The third kappa shape index (κ3) is 3.27. The van der Waals surface area contributed by atoms with Gasteiger partial charge in [-0.15, -0.1) is 0 Å². The number of aromatic nitrogens is 1. The monoisotopic (exact) mass is 322 g/mol. The second-order valence-electron chi connectivity index (χ2n) is 5.71. The minimum Gasteiger partial charge on any atom is -0.497 e. The fourth-order valence-electron chi connectivity index (χ4n) is 2.99. The molecule has 2 aromatic carbocycles. The molecular formula is C20H22N2O2. The van der Waals surface area contributed by atoms with Gasteiger partial charge < -0.3 is 15.0 Å². The number of amides is 1. The SMILES string of the molecule is CCNC(=O)CCc1c(-c2ccc(OC)cc2)[nH]c2ccccc12. The van der Waals surface area contributed by atoms with Gasteiger partial charge in [0.1, 0.15) is 5.75 Å². The minimum absolute atomic E-state index is 0.0865. The summed E-state index contributed by atoms with van der Waals surface area (Å²) in [6, 6.07) is 16.2. The van der Waals surface area contributed by atoms with Crippen molar-refractivity contribution in [2.24, 2.45) is 0 Å². The third-order valence-corrected chi connectivity index (χ3v) is 4.17. The Balaban J connectivity index is 1.99. The third-order valence-electron chi connectivity index (χ3n) is 4.17. The second kappa shape index (κ2) is 7.21. The van der Waals surface area contributed by atoms with Gasteiger partial charge >= 0.3 is 0 Å². The molecule has 4 heteroatoms. The highest BCUT2D eigenvalue weighted by molar-refractivity contribution is 5.91. The number of benzene rings is 2. The number of nitrogens with one attached hydrogen (secondary N) is 2. The number of fused-ring (bicyclic) bond motifs is 1. The fourth-order valence-corrected chi connectivity index (χ4v) is 2.99. The van der Waals surface area contributed by atoms with Crippen LogP contribution in [0.5, 0.6) is 5.75 Å². The molecule has 0 fully saturated rings. The van der Waals surface area contributed by atoms with Crippen LogP contribution in [0.15, 0.2) is 48.5 Å². The Kier molecular flexibility index (Phi) is 4.85. The largest absolute Gasteiger partial charge is 0.497 e. The van der Waals surface area contributed by atoms with Crippen LogP contribution in [0.3, 0.4) is 0 Å². The number of hydrogen-bond acceptors (Lipinski definition) is 2. The number of aryl methyl sites for hydroxylation is 1. The number of para-hydroxylation sites is 1. The average molecular weight is 322 g/mol. The highest BCUT2D eigenvalue weighted by atomic mass is 16.5. The topological polar surface area (TPSA) is 54.1 Å². The molecular weight excluding hydrogens is 300 g/mol. The van der Waals surface area contributed by atoms with Crippen molar-refractivity contribution >= 4 is 16.8 Å². The van der Waals surface area contributed by atoms with Crippen molar-refractivity contribution < 1.29 is 9.53 Å². The van der Waals surface area contributed by atoms with Crippen molar-refractivity contribution in [3.63, 3.8) is 0 Å². The Hall–Kier alpha value is -2.75. The van der Waals surface area contributed by atoms with Crippen LogP contribution in [-0.4, -0.2) is 24.5 Å². The van der Waals surface area contributed by atoms with Crippen LogP contribution in [0.25, 0.3) is 22.2 Å². The highest BCUT2D eigenvalue weighted by Crippen LogP contribution is 2.32. The number of carbonyl (C=O) groups is 1. The molecule has 0 spiro atoms. The molecule has 3 rings (SSSR count). The first kappa shape index (κ1) is 16.1. The molecule has 0 bridgehead atoms. The lowest BCUT2D eigenvalue weighted by Gasteiger charge is -2.07. The van der Waals surface area contributed by atoms with E-state index in [2.05, 4.69) is 22.4 Å². The number of H-pyrrole nitrogens is 1. The van der Waals surface area contributed by atoms with Crippen LogP contribution >= 0.6 is 0 Å². The number of ether oxygens (including phenoxy) is 1. The second-order valence-corrected chi connectivity index (χ2v) is 5.71. The smallest absolute Gasteiger partial charge is 0.220 e. The normalized spacial score (nSPS) is 10.8. The Morgan fingerprint density at radius 3 is 2.58 bits per heavy atom. The van der Waals surface area contributed by atoms with E-state index in [-0.39, 0.29) is 5.91 Å². The van der Waals surface area contributed by atoms with Crippen LogP contribution in [-0.2, 0) is 11.2 Å². The molecule has 0 aliphatic carbocycles. The van der Waals surface area contributed by atoms with Gasteiger partial charge in [-0.1, -0.05) is 18.2 Å². The minimum atomic E-state index is 0.0865. The first-order valence-corrected chi connectivity index (χ1v) is 8.23. The summed E-state index contributed by atoms with van der Waals surface area (Å²) in [5.41, 5.74) is 4.44. The zero-order valence-electron chi connectivity index (χ0n) is 14.1. The first-order chi connectivity index (χ1) is 11.7. The predicted molar refractivity (Wildman–Crippen MR) is 97.3 cm³/mol. The van der Waals surface area contributed by atoms with Crippen molar-refractivity contribution in [1.29, 1.82) is 0 Å². The maximum Gasteiger partial charge on any atom is 0.220 e. The van der Waals surface area contributed by atoms with E-state index in [1.165, 1.54) is 10.9 Å². The van der Waals surface area contributed by atoms with Crippen molar-refractivity contribution in [2.45, 2.75) is 19.8 Å². The summed E-state index contributed by atoms with van der Waals surface area (Å²) in [5.74, 6) is 0.919. The molecule has 0 unspecified atom stereocenters. The summed E-state index contributed by atoms with van der Waals surface area (Å²) in [4.78, 5) is 15.4. The average Bonchev–Trinajstić information content (AvgIpc) is 2.99. The van der Waals surface area contributed by atoms with Crippen LogP contribution < -0.4 is 10.1 Å². The van der Waals surface area contributed by atoms with Gasteiger partial charge in [-0.3, -0.25) is 4.79 Å². The van der Waals surface area contributed by atoms with E-state index >= 15 is 0 Å². The maximum atomic E-state index is 11.9. The molecule has 124 valence electrons. The lowest BCUT2D eigenvalue weighted by Crippen LogP contribution is -2.22. The summed E-state index contributed by atoms with van der Waals surface area (Å²) in [5, 5.41) is 4.04. The van der Waals surface area contributed by atoms with E-state index in [0.29, 0.717) is 19.4 Å². The van der Waals surface area contributed by atoms with Crippen LogP contribution in [0, 0.1) is 0 Å². The van der Waals surface area contributed by atoms with E-state index in [1.807, 2.05) is 43.3 Å². The highest BCUT2D eigenvalue weighted by Gasteiger charge is 2.14. The molecule has 1 heterocycles. The van der Waals surface area contributed by atoms with E-state index in [0.717, 1.165) is 22.5 Å². The molecule has 0 aliphatic heterocycles. The van der Waals surface area contributed by atoms with Crippen molar-refractivity contribution in [1.82, 2.24) is 10.3 Å². The predicted octanol–water partition coefficient (Wildman–Crippen LogP) is 3.91. The molecule has 0 aliphatic rings. The Bertz CT molecular complexity index is 834. The zero-order chi connectivity index (χ0) is 16.9. The Morgan fingerprint density at radius 2 is 1.88 bits per heavy atom. The number of aromatic amines is 1. The molecule has 1 amide bonds. The standard InChI is InChI=1S/C20H22N2O2/c1-3-21-19(23)13-12-17-16-6-4-5-7-18(16)22-20(17)14-8-10-15(24-2)11-9-14/h4-11,22H,3,12-13H2,1-2H3,(H,21,23). The summed E-state index contributed by atoms with van der Waals surface area (Å²) >= 11 is 0. The van der Waals surface area contributed by atoms with Crippen molar-refractivity contribution in [3.8, 4) is 17.0 Å². The number of carbonyl (C=O) groups excluding carboxylic acids is 1. The summed E-state index contributed by atoms with van der Waals surface area (Å²) in [7, 11) is 1.66. The maximum absolute atomic E-state index is 11.9. The lowest BCUT2D eigenvalue weighted by molar-refractivity contribution is -0.120. The first-order valence-electron chi connectivity index (χ1n) is 8.23. The molecule has 1 aromatic heterocycles. The van der Waals surface area contributed by atoms with Gasteiger partial charge in [0, 0.05) is 29.6 Å². The Labute approximate surface area is 141 Å². The van der Waals surface area contributed by atoms with E-state index in [1.54, 1.807) is 7.11 Å². The molecule has 4 nitrogen and oxygen atoms in total. The number of methoxy groups -OCH3 is 1. The van der Waals surface area contributed by atoms with Crippen LogP contribution in [0.2, 0.25) is 0 Å². The summed E-state index contributed by atoms with van der Waals surface area (Å²) in [6.45, 7) is 2.60. The van der Waals surface area contributed by atoms with E-state index < -0.39 is 0 Å². The molecule has 0 radical (unpaired) electrons.